The number of hydrogen-bond donors (Lipinski definition) is 1. The van der Waals surface area contributed by atoms with Crippen molar-refractivity contribution in [3.63, 3.8) is 0 Å². The summed E-state index contributed by atoms with van der Waals surface area (Å²) in [6.07, 6.45) is 5.66. The maximum absolute atomic E-state index is 10.4. The zero-order valence-corrected chi connectivity index (χ0v) is 11.5. The lowest BCUT2D eigenvalue weighted by molar-refractivity contribution is -0.131. The van der Waals surface area contributed by atoms with E-state index in [9.17, 15) is 4.79 Å². The molecule has 6 nitrogen and oxygen atoms in total. The van der Waals surface area contributed by atoms with Crippen LogP contribution in [0.2, 0.25) is 0 Å². The van der Waals surface area contributed by atoms with Crippen molar-refractivity contribution in [1.29, 1.82) is 0 Å². The number of hydrogen-bond acceptors (Lipinski definition) is 4. The molecule has 2 heterocycles. The summed E-state index contributed by atoms with van der Waals surface area (Å²) in [6.45, 7) is 7.90. The van der Waals surface area contributed by atoms with Crippen LogP contribution in [0, 0.1) is 0 Å². The van der Waals surface area contributed by atoms with E-state index in [0.29, 0.717) is 0 Å². The van der Waals surface area contributed by atoms with E-state index < -0.39 is 24.3 Å². The van der Waals surface area contributed by atoms with Crippen molar-refractivity contribution in [3.05, 3.63) is 18.5 Å². The van der Waals surface area contributed by atoms with Crippen LogP contribution in [0.5, 0.6) is 0 Å². The van der Waals surface area contributed by atoms with E-state index in [4.69, 9.17) is 14.4 Å². The molecule has 0 amide bonds. The summed E-state index contributed by atoms with van der Waals surface area (Å²) in [6, 6.07) is 0. The number of carbonyl (C=O) groups is 1. The summed E-state index contributed by atoms with van der Waals surface area (Å²) in [5.74, 6) is -1.02. The van der Waals surface area contributed by atoms with Crippen LogP contribution in [0.1, 0.15) is 27.7 Å². The normalized spacial score (nSPS) is 21.2. The van der Waals surface area contributed by atoms with Gasteiger partial charge in [-0.2, -0.15) is 5.10 Å². The van der Waals surface area contributed by atoms with Gasteiger partial charge in [0.25, 0.3) is 0 Å². The molecule has 1 aliphatic heterocycles. The Bertz CT molecular complexity index is 506. The fourth-order valence-corrected chi connectivity index (χ4v) is 1.68. The van der Waals surface area contributed by atoms with Crippen molar-refractivity contribution in [2.24, 2.45) is 0 Å². The number of carboxylic acids is 1. The molecule has 0 aliphatic carbocycles. The molecule has 0 aromatic carbocycles. The van der Waals surface area contributed by atoms with E-state index in [-0.39, 0.29) is 0 Å². The third-order valence-corrected chi connectivity index (χ3v) is 3.52. The number of rotatable bonds is 3. The predicted molar refractivity (Wildman–Crippen MR) is 70.9 cm³/mol. The zero-order chi connectivity index (χ0) is 14.3. The van der Waals surface area contributed by atoms with Gasteiger partial charge in [-0.05, 0) is 27.7 Å². The topological polar surface area (TPSA) is 73.6 Å². The zero-order valence-electron chi connectivity index (χ0n) is 11.5. The Morgan fingerprint density at radius 2 is 1.95 bits per heavy atom. The van der Waals surface area contributed by atoms with Gasteiger partial charge in [0.15, 0.2) is 0 Å². The van der Waals surface area contributed by atoms with Gasteiger partial charge in [0.1, 0.15) is 0 Å². The largest absolute Gasteiger partial charge is 0.498 e. The van der Waals surface area contributed by atoms with E-state index in [1.807, 2.05) is 27.7 Å². The van der Waals surface area contributed by atoms with Crippen LogP contribution in [0.25, 0.3) is 6.20 Å². The van der Waals surface area contributed by atoms with E-state index in [0.717, 1.165) is 11.5 Å². The molecular formula is C12H17BN2O4. The highest BCUT2D eigenvalue weighted by Gasteiger charge is 2.52. The first kappa shape index (κ1) is 13.8. The minimum absolute atomic E-state index is 0.406. The molecular weight excluding hydrogens is 247 g/mol. The van der Waals surface area contributed by atoms with Crippen LogP contribution >= 0.6 is 0 Å². The fraction of sp³-hybridized carbons (Fsp3) is 0.500. The summed E-state index contributed by atoms with van der Waals surface area (Å²) in [4.78, 5) is 10.4. The van der Waals surface area contributed by atoms with Crippen LogP contribution in [0.4, 0.5) is 0 Å². The van der Waals surface area contributed by atoms with Crippen molar-refractivity contribution in [1.82, 2.24) is 9.78 Å². The van der Waals surface area contributed by atoms with Gasteiger partial charge in [-0.1, -0.05) is 0 Å². The molecule has 1 N–H and O–H groups in total. The molecule has 1 aromatic rings. The summed E-state index contributed by atoms with van der Waals surface area (Å²) in [7, 11) is -0.489. The first-order chi connectivity index (χ1) is 8.71. The Morgan fingerprint density at radius 3 is 2.47 bits per heavy atom. The highest BCUT2D eigenvalue weighted by molar-refractivity contribution is 6.62. The SMILES string of the molecule is CC1(C)OB(c2cnn(C=CC(=O)O)c2)OC1(C)C. The molecule has 2 rings (SSSR count). The predicted octanol–water partition coefficient (Wildman–Crippen LogP) is 0.738. The van der Waals surface area contributed by atoms with Gasteiger partial charge in [0.05, 0.1) is 11.2 Å². The van der Waals surface area contributed by atoms with Gasteiger partial charge in [-0.15, -0.1) is 0 Å². The smallest absolute Gasteiger partial charge is 0.478 e. The molecule has 0 spiro atoms. The average Bonchev–Trinajstić information content (AvgIpc) is 2.79. The van der Waals surface area contributed by atoms with Crippen LogP contribution in [0.3, 0.4) is 0 Å². The molecule has 1 aromatic heterocycles. The lowest BCUT2D eigenvalue weighted by Gasteiger charge is -2.32. The number of carboxylic acid groups (broad SMARTS) is 1. The van der Waals surface area contributed by atoms with Gasteiger partial charge in [-0.3, -0.25) is 0 Å². The Balaban J connectivity index is 2.15. The summed E-state index contributed by atoms with van der Waals surface area (Å²) >= 11 is 0. The maximum atomic E-state index is 10.4. The standard InChI is InChI=1S/C12H17BN2O4/c1-11(2)12(3,4)19-13(18-11)9-7-14-15(8-9)6-5-10(16)17/h5-8H,1-4H3,(H,16,17). The molecule has 0 saturated carbocycles. The lowest BCUT2D eigenvalue weighted by Crippen LogP contribution is -2.41. The quantitative estimate of drug-likeness (QED) is 0.643. The van der Waals surface area contributed by atoms with Crippen molar-refractivity contribution in [2.45, 2.75) is 38.9 Å². The van der Waals surface area contributed by atoms with E-state index >= 15 is 0 Å². The molecule has 7 heteroatoms. The average molecular weight is 264 g/mol. The summed E-state index contributed by atoms with van der Waals surface area (Å²) in [5.41, 5.74) is -0.0541. The number of aliphatic carboxylic acids is 1. The van der Waals surface area contributed by atoms with Crippen LogP contribution in [0.15, 0.2) is 18.5 Å². The van der Waals surface area contributed by atoms with Gasteiger partial charge < -0.3 is 14.4 Å². The number of nitrogens with zero attached hydrogens (tertiary/aromatic N) is 2. The molecule has 102 valence electrons. The highest BCUT2D eigenvalue weighted by Crippen LogP contribution is 2.36. The van der Waals surface area contributed by atoms with Crippen molar-refractivity contribution in [2.75, 3.05) is 0 Å². The van der Waals surface area contributed by atoms with Gasteiger partial charge in [0.2, 0.25) is 0 Å². The summed E-state index contributed by atoms with van der Waals surface area (Å²) < 4.78 is 13.2. The van der Waals surface area contributed by atoms with Gasteiger partial charge in [0, 0.05) is 30.1 Å². The van der Waals surface area contributed by atoms with Gasteiger partial charge >= 0.3 is 13.1 Å². The Morgan fingerprint density at radius 1 is 1.37 bits per heavy atom. The minimum atomic E-state index is -1.02. The van der Waals surface area contributed by atoms with Crippen molar-refractivity contribution < 1.29 is 19.2 Å². The molecule has 0 radical (unpaired) electrons. The van der Waals surface area contributed by atoms with Crippen molar-refractivity contribution in [3.8, 4) is 0 Å². The summed E-state index contributed by atoms with van der Waals surface area (Å²) in [5, 5.41) is 12.6. The number of aromatic nitrogens is 2. The minimum Gasteiger partial charge on any atom is -0.478 e. The van der Waals surface area contributed by atoms with Crippen LogP contribution in [-0.2, 0) is 14.1 Å². The van der Waals surface area contributed by atoms with E-state index in [1.54, 1.807) is 12.4 Å². The monoisotopic (exact) mass is 264 g/mol. The van der Waals surface area contributed by atoms with Crippen LogP contribution in [-0.4, -0.2) is 39.2 Å². The second-order valence-electron chi connectivity index (χ2n) is 5.50. The van der Waals surface area contributed by atoms with E-state index in [1.165, 1.54) is 10.9 Å². The first-order valence-corrected chi connectivity index (χ1v) is 6.02. The second-order valence-corrected chi connectivity index (χ2v) is 5.50. The molecule has 0 bridgehead atoms. The first-order valence-electron chi connectivity index (χ1n) is 6.02. The fourth-order valence-electron chi connectivity index (χ4n) is 1.68. The highest BCUT2D eigenvalue weighted by atomic mass is 16.7. The molecule has 1 saturated heterocycles. The molecule has 0 unspecified atom stereocenters. The lowest BCUT2D eigenvalue weighted by atomic mass is 9.82. The molecule has 19 heavy (non-hydrogen) atoms. The van der Waals surface area contributed by atoms with E-state index in [2.05, 4.69) is 5.10 Å². The molecule has 0 atom stereocenters. The Kier molecular flexibility index (Phi) is 3.28. The Labute approximate surface area is 112 Å². The molecule has 1 fully saturated rings. The molecule has 1 aliphatic rings. The van der Waals surface area contributed by atoms with Gasteiger partial charge in [-0.25, -0.2) is 9.48 Å². The Hall–Kier alpha value is -1.60. The second kappa shape index (κ2) is 4.50. The van der Waals surface area contributed by atoms with Crippen molar-refractivity contribution >= 4 is 24.8 Å². The van der Waals surface area contributed by atoms with Crippen LogP contribution < -0.4 is 5.46 Å². The maximum Gasteiger partial charge on any atom is 0.498 e. The third-order valence-electron chi connectivity index (χ3n) is 3.52. The third kappa shape index (κ3) is 2.72.